The molecule has 7 heteroatoms. The first-order chi connectivity index (χ1) is 15.5. The van der Waals surface area contributed by atoms with Crippen LogP contribution in [0.1, 0.15) is 21.5 Å². The van der Waals surface area contributed by atoms with E-state index in [1.54, 1.807) is 12.3 Å². The average molecular weight is 510 g/mol. The zero-order chi connectivity index (χ0) is 22.5. The van der Waals surface area contributed by atoms with E-state index in [2.05, 4.69) is 26.5 Å². The zero-order valence-corrected chi connectivity index (χ0v) is 19.1. The van der Waals surface area contributed by atoms with E-state index >= 15 is 0 Å². The monoisotopic (exact) mass is 508 g/mol. The highest BCUT2D eigenvalue weighted by Crippen LogP contribution is 2.28. The van der Waals surface area contributed by atoms with Crippen LogP contribution in [0.2, 0.25) is 5.02 Å². The van der Waals surface area contributed by atoms with Crippen molar-refractivity contribution in [2.45, 2.75) is 6.61 Å². The molecule has 4 rings (SSSR count). The molecule has 0 aliphatic rings. The number of benzene rings is 4. The zero-order valence-electron chi connectivity index (χ0n) is 16.8. The number of nitrogens with one attached hydrogen (secondary N) is 1. The van der Waals surface area contributed by atoms with Crippen LogP contribution in [0.5, 0.6) is 11.5 Å². The summed E-state index contributed by atoms with van der Waals surface area (Å²) in [6, 6.07) is 23.8. The lowest BCUT2D eigenvalue weighted by molar-refractivity contribution is 0.0952. The van der Waals surface area contributed by atoms with Crippen molar-refractivity contribution < 1.29 is 14.6 Å². The SMILES string of the molecule is O=C(N/N=C\c1c(OCc2ccc(Cl)cc2)ccc2ccccc12)c1cc(Br)ccc1O. The summed E-state index contributed by atoms with van der Waals surface area (Å²) < 4.78 is 6.73. The second kappa shape index (κ2) is 9.85. The highest BCUT2D eigenvalue weighted by atomic mass is 79.9. The van der Waals surface area contributed by atoms with Gasteiger partial charge in [-0.15, -0.1) is 0 Å². The van der Waals surface area contributed by atoms with Gasteiger partial charge in [-0.25, -0.2) is 5.43 Å². The molecule has 0 aromatic heterocycles. The number of rotatable bonds is 6. The Morgan fingerprint density at radius 3 is 2.66 bits per heavy atom. The fourth-order valence-corrected chi connectivity index (χ4v) is 3.67. The number of hydrogen-bond acceptors (Lipinski definition) is 4. The van der Waals surface area contributed by atoms with Crippen molar-refractivity contribution in [3.63, 3.8) is 0 Å². The Bertz CT molecular complexity index is 1310. The van der Waals surface area contributed by atoms with Crippen LogP contribution in [0.3, 0.4) is 0 Å². The van der Waals surface area contributed by atoms with Crippen LogP contribution in [-0.4, -0.2) is 17.2 Å². The lowest BCUT2D eigenvalue weighted by Gasteiger charge is -2.12. The predicted molar refractivity (Wildman–Crippen MR) is 131 cm³/mol. The summed E-state index contributed by atoms with van der Waals surface area (Å²) in [7, 11) is 0. The number of nitrogens with zero attached hydrogens (tertiary/aromatic N) is 1. The average Bonchev–Trinajstić information content (AvgIpc) is 2.80. The minimum Gasteiger partial charge on any atom is -0.507 e. The Hall–Kier alpha value is -3.35. The number of hydrogen-bond donors (Lipinski definition) is 2. The molecule has 0 bridgehead atoms. The second-order valence-corrected chi connectivity index (χ2v) is 8.33. The van der Waals surface area contributed by atoms with E-state index in [4.69, 9.17) is 16.3 Å². The lowest BCUT2D eigenvalue weighted by atomic mass is 10.0. The fraction of sp³-hybridized carbons (Fsp3) is 0.0400. The predicted octanol–water partition coefficient (Wildman–Crippen LogP) is 6.30. The van der Waals surface area contributed by atoms with Crippen LogP contribution in [0.15, 0.2) is 88.4 Å². The van der Waals surface area contributed by atoms with E-state index in [1.165, 1.54) is 12.1 Å². The third-order valence-electron chi connectivity index (χ3n) is 4.80. The number of halogens is 2. The van der Waals surface area contributed by atoms with E-state index in [0.29, 0.717) is 21.9 Å². The van der Waals surface area contributed by atoms with Gasteiger partial charge in [0.2, 0.25) is 0 Å². The summed E-state index contributed by atoms with van der Waals surface area (Å²) in [4.78, 5) is 12.4. The molecule has 0 unspecified atom stereocenters. The number of ether oxygens (including phenoxy) is 1. The Morgan fingerprint density at radius 2 is 1.84 bits per heavy atom. The molecule has 0 aliphatic carbocycles. The van der Waals surface area contributed by atoms with Crippen molar-refractivity contribution in [3.8, 4) is 11.5 Å². The number of hydrazone groups is 1. The number of carbonyl (C=O) groups excluding carboxylic acids is 1. The van der Waals surface area contributed by atoms with Crippen molar-refractivity contribution in [2.24, 2.45) is 5.10 Å². The standard InChI is InChI=1S/C25H18BrClN2O3/c26-18-8-11-23(30)21(13-18)25(31)29-28-14-22-20-4-2-1-3-17(20)7-12-24(22)32-15-16-5-9-19(27)10-6-16/h1-14,30H,15H2,(H,29,31)/b28-14-. The molecule has 0 fully saturated rings. The molecular formula is C25H18BrClN2O3. The summed E-state index contributed by atoms with van der Waals surface area (Å²) in [6.07, 6.45) is 1.55. The number of fused-ring (bicyclic) bond motifs is 1. The highest BCUT2D eigenvalue weighted by molar-refractivity contribution is 9.10. The van der Waals surface area contributed by atoms with Gasteiger partial charge in [-0.3, -0.25) is 4.79 Å². The highest BCUT2D eigenvalue weighted by Gasteiger charge is 2.12. The molecule has 0 spiro atoms. The molecule has 0 saturated heterocycles. The molecule has 4 aromatic rings. The van der Waals surface area contributed by atoms with E-state index in [0.717, 1.165) is 21.9 Å². The molecular weight excluding hydrogens is 492 g/mol. The van der Waals surface area contributed by atoms with E-state index < -0.39 is 5.91 Å². The number of aromatic hydroxyl groups is 1. The van der Waals surface area contributed by atoms with Gasteiger partial charge in [0.15, 0.2) is 0 Å². The van der Waals surface area contributed by atoms with Crippen molar-refractivity contribution in [1.29, 1.82) is 0 Å². The molecule has 0 radical (unpaired) electrons. The maximum atomic E-state index is 12.4. The minimum absolute atomic E-state index is 0.119. The van der Waals surface area contributed by atoms with Gasteiger partial charge in [-0.2, -0.15) is 5.10 Å². The van der Waals surface area contributed by atoms with Gasteiger partial charge in [-0.1, -0.05) is 70.0 Å². The van der Waals surface area contributed by atoms with Gasteiger partial charge in [0, 0.05) is 15.1 Å². The normalized spacial score (nSPS) is 11.1. The molecule has 0 heterocycles. The Labute approximate surface area is 198 Å². The van der Waals surface area contributed by atoms with Crippen LogP contribution >= 0.6 is 27.5 Å². The molecule has 160 valence electrons. The third kappa shape index (κ3) is 5.10. The maximum absolute atomic E-state index is 12.4. The quantitative estimate of drug-likeness (QED) is 0.236. The van der Waals surface area contributed by atoms with Crippen LogP contribution in [0.4, 0.5) is 0 Å². The molecule has 5 nitrogen and oxygen atoms in total. The van der Waals surface area contributed by atoms with Gasteiger partial charge in [-0.05, 0) is 52.7 Å². The first-order valence-corrected chi connectivity index (χ1v) is 10.9. The van der Waals surface area contributed by atoms with E-state index in [1.807, 2.05) is 60.7 Å². The third-order valence-corrected chi connectivity index (χ3v) is 5.55. The summed E-state index contributed by atoms with van der Waals surface area (Å²) in [5, 5.41) is 16.7. The smallest absolute Gasteiger partial charge is 0.275 e. The van der Waals surface area contributed by atoms with Gasteiger partial charge in [0.05, 0.1) is 11.8 Å². The Balaban J connectivity index is 1.59. The van der Waals surface area contributed by atoms with Gasteiger partial charge in [0.25, 0.3) is 5.91 Å². The first kappa shape index (κ1) is 21.9. The summed E-state index contributed by atoms with van der Waals surface area (Å²) in [6.45, 7) is 0.356. The second-order valence-electron chi connectivity index (χ2n) is 6.97. The molecule has 4 aromatic carbocycles. The molecule has 0 saturated carbocycles. The van der Waals surface area contributed by atoms with Crippen molar-refractivity contribution >= 4 is 50.4 Å². The number of phenolic OH excluding ortho intramolecular Hbond substituents is 1. The Kier molecular flexibility index (Phi) is 6.73. The first-order valence-electron chi connectivity index (χ1n) is 9.72. The van der Waals surface area contributed by atoms with Crippen molar-refractivity contribution in [1.82, 2.24) is 5.43 Å². The fourth-order valence-electron chi connectivity index (χ4n) is 3.18. The van der Waals surface area contributed by atoms with Crippen LogP contribution in [0.25, 0.3) is 10.8 Å². The van der Waals surface area contributed by atoms with E-state index in [9.17, 15) is 9.90 Å². The summed E-state index contributed by atoms with van der Waals surface area (Å²) in [5.74, 6) is -0.0241. The molecule has 0 atom stereocenters. The van der Waals surface area contributed by atoms with Crippen LogP contribution in [0, 0.1) is 0 Å². The van der Waals surface area contributed by atoms with Crippen LogP contribution in [-0.2, 0) is 6.61 Å². The molecule has 2 N–H and O–H groups in total. The van der Waals surface area contributed by atoms with Gasteiger partial charge < -0.3 is 9.84 Å². The summed E-state index contributed by atoms with van der Waals surface area (Å²) >= 11 is 9.25. The minimum atomic E-state index is -0.524. The largest absolute Gasteiger partial charge is 0.507 e. The maximum Gasteiger partial charge on any atom is 0.275 e. The summed E-state index contributed by atoms with van der Waals surface area (Å²) in [5.41, 5.74) is 4.29. The topological polar surface area (TPSA) is 70.9 Å². The molecule has 1 amide bonds. The number of carbonyl (C=O) groups is 1. The number of amides is 1. The molecule has 32 heavy (non-hydrogen) atoms. The van der Waals surface area contributed by atoms with Crippen LogP contribution < -0.4 is 10.2 Å². The van der Waals surface area contributed by atoms with Crippen molar-refractivity contribution in [3.05, 3.63) is 105 Å². The molecule has 0 aliphatic heterocycles. The van der Waals surface area contributed by atoms with Gasteiger partial charge in [0.1, 0.15) is 18.1 Å². The Morgan fingerprint density at radius 1 is 1.06 bits per heavy atom. The van der Waals surface area contributed by atoms with Crippen molar-refractivity contribution in [2.75, 3.05) is 0 Å². The van der Waals surface area contributed by atoms with Gasteiger partial charge >= 0.3 is 0 Å². The van der Waals surface area contributed by atoms with E-state index in [-0.39, 0.29) is 11.3 Å². The lowest BCUT2D eigenvalue weighted by Crippen LogP contribution is -2.17. The number of phenols is 1.